The third-order valence-electron chi connectivity index (χ3n) is 2.30. The van der Waals surface area contributed by atoms with Crippen LogP contribution in [0.3, 0.4) is 0 Å². The van der Waals surface area contributed by atoms with Gasteiger partial charge >= 0.3 is 5.97 Å². The molecule has 0 saturated heterocycles. The minimum absolute atomic E-state index is 0.0330. The van der Waals surface area contributed by atoms with Crippen molar-refractivity contribution in [2.75, 3.05) is 0 Å². The van der Waals surface area contributed by atoms with Crippen LogP contribution < -0.4 is 4.74 Å². The number of carboxylic acids is 1. The van der Waals surface area contributed by atoms with Crippen LogP contribution in [0.25, 0.3) is 0 Å². The third-order valence-corrected chi connectivity index (χ3v) is 2.30. The second-order valence-electron chi connectivity index (χ2n) is 4.23. The van der Waals surface area contributed by atoms with E-state index in [1.165, 1.54) is 0 Å². The molecular formula is C13H18O3. The van der Waals surface area contributed by atoms with Gasteiger partial charge in [-0.2, -0.15) is 0 Å². The molecule has 0 radical (unpaired) electrons. The van der Waals surface area contributed by atoms with Crippen LogP contribution in [0.4, 0.5) is 0 Å². The summed E-state index contributed by atoms with van der Waals surface area (Å²) < 4.78 is 5.51. The Morgan fingerprint density at radius 1 is 1.25 bits per heavy atom. The van der Waals surface area contributed by atoms with Crippen LogP contribution in [0.1, 0.15) is 38.7 Å². The normalized spacial score (nSPS) is 12.5. The molecule has 0 aliphatic rings. The quantitative estimate of drug-likeness (QED) is 0.832. The molecular weight excluding hydrogens is 204 g/mol. The lowest BCUT2D eigenvalue weighted by Gasteiger charge is -2.12. The molecule has 0 amide bonds. The van der Waals surface area contributed by atoms with Gasteiger partial charge in [0.15, 0.2) is 0 Å². The average molecular weight is 222 g/mol. The molecule has 0 aliphatic carbocycles. The van der Waals surface area contributed by atoms with Crippen molar-refractivity contribution in [1.29, 1.82) is 0 Å². The summed E-state index contributed by atoms with van der Waals surface area (Å²) >= 11 is 0. The van der Waals surface area contributed by atoms with Crippen molar-refractivity contribution >= 4 is 5.97 Å². The van der Waals surface area contributed by atoms with Crippen LogP contribution >= 0.6 is 0 Å². The molecule has 1 aromatic rings. The van der Waals surface area contributed by atoms with Crippen molar-refractivity contribution in [3.05, 3.63) is 29.8 Å². The van der Waals surface area contributed by atoms with E-state index in [9.17, 15) is 4.79 Å². The maximum atomic E-state index is 10.6. The van der Waals surface area contributed by atoms with Crippen LogP contribution in [-0.4, -0.2) is 17.2 Å². The average Bonchev–Trinajstić information content (AvgIpc) is 2.16. The topological polar surface area (TPSA) is 46.5 Å². The highest BCUT2D eigenvalue weighted by Gasteiger charge is 2.10. The van der Waals surface area contributed by atoms with Gasteiger partial charge in [0, 0.05) is 0 Å². The summed E-state index contributed by atoms with van der Waals surface area (Å²) in [5, 5.41) is 8.69. The van der Waals surface area contributed by atoms with Gasteiger partial charge in [-0.25, -0.2) is 0 Å². The lowest BCUT2D eigenvalue weighted by atomic mass is 9.98. The van der Waals surface area contributed by atoms with E-state index in [0.29, 0.717) is 0 Å². The standard InChI is InChI=1S/C13H18O3/c1-9(2)16-12-6-4-11(5-7-12)10(3)8-13(14)15/h4-7,9-10H,8H2,1-3H3,(H,14,15). The molecule has 1 aromatic carbocycles. The van der Waals surface area contributed by atoms with Gasteiger partial charge in [0.25, 0.3) is 0 Å². The van der Waals surface area contributed by atoms with Crippen LogP contribution in [0, 0.1) is 0 Å². The molecule has 88 valence electrons. The van der Waals surface area contributed by atoms with Gasteiger partial charge in [-0.3, -0.25) is 4.79 Å². The Morgan fingerprint density at radius 2 is 1.81 bits per heavy atom. The van der Waals surface area contributed by atoms with Crippen molar-refractivity contribution in [3.63, 3.8) is 0 Å². The Hall–Kier alpha value is -1.51. The molecule has 0 aliphatic heterocycles. The van der Waals surface area contributed by atoms with Gasteiger partial charge in [-0.05, 0) is 37.5 Å². The number of carboxylic acid groups (broad SMARTS) is 1. The van der Waals surface area contributed by atoms with E-state index in [4.69, 9.17) is 9.84 Å². The summed E-state index contributed by atoms with van der Waals surface area (Å²) in [6.45, 7) is 5.86. The van der Waals surface area contributed by atoms with E-state index >= 15 is 0 Å². The number of ether oxygens (including phenoxy) is 1. The van der Waals surface area contributed by atoms with Crippen molar-refractivity contribution in [2.24, 2.45) is 0 Å². The first kappa shape index (κ1) is 12.6. The van der Waals surface area contributed by atoms with E-state index in [0.717, 1.165) is 11.3 Å². The minimum Gasteiger partial charge on any atom is -0.491 e. The summed E-state index contributed by atoms with van der Waals surface area (Å²) in [5.41, 5.74) is 1.03. The van der Waals surface area contributed by atoms with Gasteiger partial charge in [0.2, 0.25) is 0 Å². The van der Waals surface area contributed by atoms with Crippen molar-refractivity contribution in [2.45, 2.75) is 39.2 Å². The maximum Gasteiger partial charge on any atom is 0.303 e. The fourth-order valence-corrected chi connectivity index (χ4v) is 1.53. The highest BCUT2D eigenvalue weighted by molar-refractivity contribution is 5.67. The Balaban J connectivity index is 2.66. The molecule has 0 spiro atoms. The molecule has 0 bridgehead atoms. The van der Waals surface area contributed by atoms with Crippen LogP contribution in [0.2, 0.25) is 0 Å². The minimum atomic E-state index is -0.769. The molecule has 1 rings (SSSR count). The second kappa shape index (κ2) is 5.54. The van der Waals surface area contributed by atoms with E-state index in [2.05, 4.69) is 0 Å². The predicted molar refractivity (Wildman–Crippen MR) is 62.9 cm³/mol. The van der Waals surface area contributed by atoms with E-state index < -0.39 is 5.97 Å². The molecule has 3 heteroatoms. The zero-order valence-electron chi connectivity index (χ0n) is 9.93. The number of benzene rings is 1. The number of aliphatic carboxylic acids is 1. The Kier molecular flexibility index (Phi) is 4.35. The summed E-state index contributed by atoms with van der Waals surface area (Å²) in [6.07, 6.45) is 0.312. The maximum absolute atomic E-state index is 10.6. The van der Waals surface area contributed by atoms with Gasteiger partial charge in [-0.15, -0.1) is 0 Å². The molecule has 0 saturated carbocycles. The van der Waals surface area contributed by atoms with Crippen molar-refractivity contribution < 1.29 is 14.6 Å². The van der Waals surface area contributed by atoms with Gasteiger partial charge in [0.1, 0.15) is 5.75 Å². The Morgan fingerprint density at radius 3 is 2.25 bits per heavy atom. The summed E-state index contributed by atoms with van der Waals surface area (Å²) in [6, 6.07) is 7.61. The molecule has 3 nitrogen and oxygen atoms in total. The van der Waals surface area contributed by atoms with E-state index in [1.54, 1.807) is 0 Å². The van der Waals surface area contributed by atoms with Crippen LogP contribution in [-0.2, 0) is 4.79 Å². The SMILES string of the molecule is CC(C)Oc1ccc(C(C)CC(=O)O)cc1. The summed E-state index contributed by atoms with van der Waals surface area (Å²) in [7, 11) is 0. The zero-order chi connectivity index (χ0) is 12.1. The number of hydrogen-bond acceptors (Lipinski definition) is 2. The zero-order valence-corrected chi connectivity index (χ0v) is 9.93. The second-order valence-corrected chi connectivity index (χ2v) is 4.23. The van der Waals surface area contributed by atoms with Gasteiger partial charge in [0.05, 0.1) is 12.5 Å². The van der Waals surface area contributed by atoms with E-state index in [-0.39, 0.29) is 18.4 Å². The first-order valence-electron chi connectivity index (χ1n) is 5.47. The molecule has 16 heavy (non-hydrogen) atoms. The van der Waals surface area contributed by atoms with Gasteiger partial charge in [-0.1, -0.05) is 19.1 Å². The molecule has 0 fully saturated rings. The molecule has 1 unspecified atom stereocenters. The van der Waals surface area contributed by atoms with Crippen LogP contribution in [0.15, 0.2) is 24.3 Å². The summed E-state index contributed by atoms with van der Waals surface area (Å²) in [4.78, 5) is 10.6. The van der Waals surface area contributed by atoms with Gasteiger partial charge < -0.3 is 9.84 Å². The monoisotopic (exact) mass is 222 g/mol. The Labute approximate surface area is 96.1 Å². The molecule has 0 aromatic heterocycles. The lowest BCUT2D eigenvalue weighted by molar-refractivity contribution is -0.137. The fraction of sp³-hybridized carbons (Fsp3) is 0.462. The third kappa shape index (κ3) is 3.93. The van der Waals surface area contributed by atoms with Crippen molar-refractivity contribution in [1.82, 2.24) is 0 Å². The number of rotatable bonds is 5. The molecule has 1 N–H and O–H groups in total. The Bertz CT molecular complexity index is 341. The molecule has 0 heterocycles. The number of carbonyl (C=O) groups is 1. The fourth-order valence-electron chi connectivity index (χ4n) is 1.53. The molecule has 1 atom stereocenters. The number of hydrogen-bond donors (Lipinski definition) is 1. The first-order chi connectivity index (χ1) is 7.49. The predicted octanol–water partition coefficient (Wildman–Crippen LogP) is 3.05. The van der Waals surface area contributed by atoms with Crippen molar-refractivity contribution in [3.8, 4) is 5.75 Å². The van der Waals surface area contributed by atoms with Crippen LogP contribution in [0.5, 0.6) is 5.75 Å². The lowest BCUT2D eigenvalue weighted by Crippen LogP contribution is -2.06. The largest absolute Gasteiger partial charge is 0.491 e. The highest BCUT2D eigenvalue weighted by atomic mass is 16.5. The first-order valence-corrected chi connectivity index (χ1v) is 5.47. The highest BCUT2D eigenvalue weighted by Crippen LogP contribution is 2.22. The smallest absolute Gasteiger partial charge is 0.303 e. The summed E-state index contributed by atoms with van der Waals surface area (Å²) in [5.74, 6) is 0.0851. The van der Waals surface area contributed by atoms with E-state index in [1.807, 2.05) is 45.0 Å².